The summed E-state index contributed by atoms with van der Waals surface area (Å²) in [6, 6.07) is 16.0. The maximum absolute atomic E-state index is 12.4. The van der Waals surface area contributed by atoms with Crippen LogP contribution >= 0.6 is 23.2 Å². The van der Waals surface area contributed by atoms with E-state index in [1.807, 2.05) is 30.3 Å². The van der Waals surface area contributed by atoms with E-state index >= 15 is 0 Å². The minimum Gasteiger partial charge on any atom is -0.272 e. The van der Waals surface area contributed by atoms with Gasteiger partial charge in [-0.15, -0.1) is 23.2 Å². The molecule has 2 aromatic carbocycles. The van der Waals surface area contributed by atoms with Crippen LogP contribution in [0.3, 0.4) is 0 Å². The summed E-state index contributed by atoms with van der Waals surface area (Å²) in [7, 11) is 0. The molecule has 0 aliphatic carbocycles. The first kappa shape index (κ1) is 15.1. The van der Waals surface area contributed by atoms with E-state index in [0.717, 1.165) is 5.56 Å². The first-order valence-electron chi connectivity index (χ1n) is 6.82. The molecule has 1 heterocycles. The molecule has 0 bridgehead atoms. The topological polar surface area (TPSA) is 37.4 Å². The molecule has 1 aliphatic heterocycles. The molecular weight excluding hydrogens is 321 g/mol. The van der Waals surface area contributed by atoms with Crippen molar-refractivity contribution in [2.45, 2.75) is 4.87 Å². The molecule has 0 fully saturated rings. The van der Waals surface area contributed by atoms with E-state index in [2.05, 4.69) is 0 Å². The summed E-state index contributed by atoms with van der Waals surface area (Å²) in [4.78, 5) is 25.0. The molecule has 3 nitrogen and oxygen atoms in total. The molecule has 22 heavy (non-hydrogen) atoms. The van der Waals surface area contributed by atoms with Crippen molar-refractivity contribution in [1.82, 2.24) is 4.90 Å². The number of alkyl halides is 2. The highest BCUT2D eigenvalue weighted by Crippen LogP contribution is 2.34. The van der Waals surface area contributed by atoms with Crippen LogP contribution in [-0.4, -0.2) is 29.1 Å². The Hall–Kier alpha value is -1.84. The van der Waals surface area contributed by atoms with Crippen molar-refractivity contribution in [3.63, 3.8) is 0 Å². The second kappa shape index (κ2) is 5.75. The molecule has 0 radical (unpaired) electrons. The van der Waals surface area contributed by atoms with Gasteiger partial charge in [-0.05, 0) is 17.7 Å². The van der Waals surface area contributed by atoms with Gasteiger partial charge in [0.05, 0.1) is 17.7 Å². The third-order valence-corrected chi connectivity index (χ3v) is 4.85. The molecule has 0 spiro atoms. The minimum absolute atomic E-state index is 0.0361. The highest BCUT2D eigenvalue weighted by Gasteiger charge is 2.41. The summed E-state index contributed by atoms with van der Waals surface area (Å²) in [5.74, 6) is -0.565. The van der Waals surface area contributed by atoms with E-state index in [0.29, 0.717) is 11.1 Å². The molecule has 3 rings (SSSR count). The number of hydrogen-bond donors (Lipinski definition) is 0. The number of nitrogens with zero attached hydrogens (tertiary/aromatic N) is 1. The van der Waals surface area contributed by atoms with Crippen molar-refractivity contribution in [2.75, 3.05) is 12.4 Å². The number of halogens is 2. The Labute approximate surface area is 138 Å². The molecule has 2 amide bonds. The average molecular weight is 334 g/mol. The number of fused-ring (bicyclic) bond motifs is 1. The van der Waals surface area contributed by atoms with Crippen LogP contribution in [0.1, 0.15) is 26.3 Å². The van der Waals surface area contributed by atoms with Gasteiger partial charge in [-0.25, -0.2) is 0 Å². The summed E-state index contributed by atoms with van der Waals surface area (Å²) in [5, 5.41) is 0. The second-order valence-electron chi connectivity index (χ2n) is 5.21. The third-order valence-electron chi connectivity index (χ3n) is 3.79. The highest BCUT2D eigenvalue weighted by molar-refractivity contribution is 6.31. The average Bonchev–Trinajstić information content (AvgIpc) is 2.81. The Balaban J connectivity index is 1.93. The van der Waals surface area contributed by atoms with Crippen LogP contribution in [0.25, 0.3) is 0 Å². The van der Waals surface area contributed by atoms with Gasteiger partial charge >= 0.3 is 0 Å². The van der Waals surface area contributed by atoms with Crippen molar-refractivity contribution in [3.8, 4) is 0 Å². The van der Waals surface area contributed by atoms with Crippen LogP contribution < -0.4 is 0 Å². The fourth-order valence-electron chi connectivity index (χ4n) is 2.58. The molecule has 1 aliphatic rings. The maximum atomic E-state index is 12.4. The van der Waals surface area contributed by atoms with E-state index in [4.69, 9.17) is 23.2 Å². The zero-order valence-corrected chi connectivity index (χ0v) is 13.1. The van der Waals surface area contributed by atoms with Crippen molar-refractivity contribution in [2.24, 2.45) is 0 Å². The number of hydrogen-bond acceptors (Lipinski definition) is 2. The van der Waals surface area contributed by atoms with Crippen LogP contribution in [0.15, 0.2) is 54.6 Å². The summed E-state index contributed by atoms with van der Waals surface area (Å²) in [6.45, 7) is 0.0361. The van der Waals surface area contributed by atoms with Crippen molar-refractivity contribution in [3.05, 3.63) is 71.3 Å². The van der Waals surface area contributed by atoms with Gasteiger partial charge in [-0.3, -0.25) is 14.5 Å². The molecule has 0 saturated carbocycles. The Morgan fingerprint density at radius 2 is 1.36 bits per heavy atom. The van der Waals surface area contributed by atoms with Gasteiger partial charge in [0.1, 0.15) is 4.87 Å². The lowest BCUT2D eigenvalue weighted by molar-refractivity contribution is 0.0639. The lowest BCUT2D eigenvalue weighted by Crippen LogP contribution is -2.41. The van der Waals surface area contributed by atoms with Crippen molar-refractivity contribution < 1.29 is 9.59 Å². The van der Waals surface area contributed by atoms with Gasteiger partial charge in [0.2, 0.25) is 0 Å². The van der Waals surface area contributed by atoms with E-state index in [-0.39, 0.29) is 24.2 Å². The highest BCUT2D eigenvalue weighted by atomic mass is 35.5. The van der Waals surface area contributed by atoms with Gasteiger partial charge in [-0.1, -0.05) is 42.5 Å². The zero-order valence-electron chi connectivity index (χ0n) is 11.6. The van der Waals surface area contributed by atoms with Gasteiger partial charge in [0.15, 0.2) is 0 Å². The normalized spacial score (nSPS) is 16.5. The minimum atomic E-state index is -1.00. The Morgan fingerprint density at radius 1 is 0.864 bits per heavy atom. The molecule has 5 heteroatoms. The number of benzene rings is 2. The number of carbonyl (C=O) groups excluding carboxylic acids is 2. The summed E-state index contributed by atoms with van der Waals surface area (Å²) >= 11 is 12.7. The first-order valence-corrected chi connectivity index (χ1v) is 7.74. The van der Waals surface area contributed by atoms with Gasteiger partial charge in [-0.2, -0.15) is 0 Å². The molecule has 112 valence electrons. The standard InChI is InChI=1S/C17H13Cl2NO2/c18-10-17(19,12-6-2-1-3-7-12)11-20-15(21)13-8-4-5-9-14(13)16(20)22/h1-9H,10-11H2. The van der Waals surface area contributed by atoms with E-state index in [1.54, 1.807) is 24.3 Å². The van der Waals surface area contributed by atoms with Gasteiger partial charge in [0, 0.05) is 5.88 Å². The lowest BCUT2D eigenvalue weighted by atomic mass is 9.99. The monoisotopic (exact) mass is 333 g/mol. The third kappa shape index (κ3) is 2.40. The summed E-state index contributed by atoms with van der Waals surface area (Å²) < 4.78 is 0. The molecule has 1 unspecified atom stereocenters. The fraction of sp³-hybridized carbons (Fsp3) is 0.176. The number of carbonyl (C=O) groups is 2. The SMILES string of the molecule is O=C1c2ccccc2C(=O)N1CC(Cl)(CCl)c1ccccc1. The van der Waals surface area contributed by atoms with Crippen molar-refractivity contribution >= 4 is 35.0 Å². The fourth-order valence-corrected chi connectivity index (χ4v) is 3.07. The van der Waals surface area contributed by atoms with E-state index < -0.39 is 4.87 Å². The van der Waals surface area contributed by atoms with E-state index in [9.17, 15) is 9.59 Å². The zero-order chi connectivity index (χ0) is 15.7. The van der Waals surface area contributed by atoms with E-state index in [1.165, 1.54) is 4.90 Å². The first-order chi connectivity index (χ1) is 10.6. The predicted octanol–water partition coefficient (Wildman–Crippen LogP) is 3.66. The number of imide groups is 1. The molecule has 2 aromatic rings. The summed E-state index contributed by atoms with van der Waals surface area (Å²) in [5.41, 5.74) is 1.60. The summed E-state index contributed by atoms with van der Waals surface area (Å²) in [6.07, 6.45) is 0. The number of rotatable bonds is 4. The van der Waals surface area contributed by atoms with Gasteiger partial charge < -0.3 is 0 Å². The molecular formula is C17H13Cl2NO2. The van der Waals surface area contributed by atoms with Crippen molar-refractivity contribution in [1.29, 1.82) is 0 Å². The van der Waals surface area contributed by atoms with Crippen LogP contribution in [0.4, 0.5) is 0 Å². The van der Waals surface area contributed by atoms with Crippen LogP contribution in [0, 0.1) is 0 Å². The quantitative estimate of drug-likeness (QED) is 0.632. The molecule has 0 aromatic heterocycles. The maximum Gasteiger partial charge on any atom is 0.261 e. The molecule has 0 N–H and O–H groups in total. The Morgan fingerprint density at radius 3 is 1.86 bits per heavy atom. The van der Waals surface area contributed by atoms with Crippen LogP contribution in [0.2, 0.25) is 0 Å². The lowest BCUT2D eigenvalue weighted by Gasteiger charge is -2.29. The number of amides is 2. The smallest absolute Gasteiger partial charge is 0.261 e. The van der Waals surface area contributed by atoms with Crippen LogP contribution in [-0.2, 0) is 4.87 Å². The molecule has 0 saturated heterocycles. The largest absolute Gasteiger partial charge is 0.272 e. The van der Waals surface area contributed by atoms with Crippen LogP contribution in [0.5, 0.6) is 0 Å². The van der Waals surface area contributed by atoms with Gasteiger partial charge in [0.25, 0.3) is 11.8 Å². The second-order valence-corrected chi connectivity index (χ2v) is 6.20. The Kier molecular flexibility index (Phi) is 3.94. The Bertz CT molecular complexity index is 697. The predicted molar refractivity (Wildman–Crippen MR) is 86.5 cm³/mol. The molecule has 1 atom stereocenters.